The van der Waals surface area contributed by atoms with E-state index in [9.17, 15) is 14.0 Å². The van der Waals surface area contributed by atoms with Crippen molar-refractivity contribution < 1.29 is 23.5 Å². The molecule has 0 aliphatic carbocycles. The number of hydrogen-bond donors (Lipinski definition) is 2. The lowest BCUT2D eigenvalue weighted by atomic mass is 10.1. The molecule has 0 atom stereocenters. The fourth-order valence-electron chi connectivity index (χ4n) is 3.77. The summed E-state index contributed by atoms with van der Waals surface area (Å²) >= 11 is 1.27. The molecule has 9 nitrogen and oxygen atoms in total. The van der Waals surface area contributed by atoms with Gasteiger partial charge in [0, 0.05) is 30.8 Å². The van der Waals surface area contributed by atoms with Gasteiger partial charge in [0.15, 0.2) is 11.5 Å². The molecular formula is C28H28FN5O4S. The van der Waals surface area contributed by atoms with E-state index in [1.165, 1.54) is 34.4 Å². The molecule has 0 saturated heterocycles. The van der Waals surface area contributed by atoms with Gasteiger partial charge in [0.1, 0.15) is 10.8 Å². The van der Waals surface area contributed by atoms with Crippen molar-refractivity contribution in [2.45, 2.75) is 12.8 Å². The number of carbonyl (C=O) groups is 2. The quantitative estimate of drug-likeness (QED) is 0.257. The molecule has 11 heteroatoms. The Morgan fingerprint density at radius 1 is 0.897 bits per heavy atom. The summed E-state index contributed by atoms with van der Waals surface area (Å²) in [5.41, 5.74) is 2.15. The first kappa shape index (κ1) is 27.5. The fraction of sp³-hybridized carbons (Fsp3) is 0.214. The first-order valence-corrected chi connectivity index (χ1v) is 13.0. The molecule has 0 aliphatic heterocycles. The van der Waals surface area contributed by atoms with Crippen LogP contribution in [0.25, 0.3) is 10.6 Å². The summed E-state index contributed by atoms with van der Waals surface area (Å²) in [5, 5.41) is 14.7. The van der Waals surface area contributed by atoms with Crippen LogP contribution in [0.1, 0.15) is 12.0 Å². The van der Waals surface area contributed by atoms with Crippen LogP contribution >= 0.6 is 11.3 Å². The van der Waals surface area contributed by atoms with Gasteiger partial charge in [-0.1, -0.05) is 53.8 Å². The molecule has 0 radical (unpaired) electrons. The topological polar surface area (TPSA) is 106 Å². The zero-order chi connectivity index (χ0) is 27.6. The molecule has 39 heavy (non-hydrogen) atoms. The number of carbonyl (C=O) groups excluding carboxylic acids is 2. The average molecular weight is 550 g/mol. The summed E-state index contributed by atoms with van der Waals surface area (Å²) in [4.78, 5) is 27.3. The maximum atomic E-state index is 13.6. The molecule has 0 unspecified atom stereocenters. The van der Waals surface area contributed by atoms with Crippen molar-refractivity contribution in [3.05, 3.63) is 84.2 Å². The Balaban J connectivity index is 1.40. The molecule has 202 valence electrons. The van der Waals surface area contributed by atoms with E-state index in [0.29, 0.717) is 40.3 Å². The van der Waals surface area contributed by atoms with Gasteiger partial charge in [-0.05, 0) is 42.3 Å². The SMILES string of the molecule is COc1ccc(CCN(CCC(=O)Nc2nnc(-c3ccccc3)s2)C(=O)Nc2cccc(F)c2)cc1OC. The summed E-state index contributed by atoms with van der Waals surface area (Å²) < 4.78 is 24.3. The third kappa shape index (κ3) is 7.74. The number of benzene rings is 3. The lowest BCUT2D eigenvalue weighted by Crippen LogP contribution is -2.38. The van der Waals surface area contributed by atoms with E-state index in [2.05, 4.69) is 20.8 Å². The minimum absolute atomic E-state index is 0.0305. The van der Waals surface area contributed by atoms with E-state index < -0.39 is 11.8 Å². The summed E-state index contributed by atoms with van der Waals surface area (Å²) in [6.07, 6.45) is 0.526. The highest BCUT2D eigenvalue weighted by Gasteiger charge is 2.17. The Morgan fingerprint density at radius 2 is 1.69 bits per heavy atom. The van der Waals surface area contributed by atoms with Gasteiger partial charge in [-0.2, -0.15) is 0 Å². The van der Waals surface area contributed by atoms with Crippen molar-refractivity contribution in [2.24, 2.45) is 0 Å². The molecule has 4 rings (SSSR count). The number of anilines is 2. The van der Waals surface area contributed by atoms with Crippen molar-refractivity contribution >= 4 is 34.1 Å². The van der Waals surface area contributed by atoms with Gasteiger partial charge < -0.3 is 25.0 Å². The Morgan fingerprint density at radius 3 is 2.44 bits per heavy atom. The Hall–Kier alpha value is -4.51. The highest BCUT2D eigenvalue weighted by molar-refractivity contribution is 7.18. The standard InChI is InChI=1S/C28H28FN5O4S/c1-37-23-12-11-19(17-24(23)38-2)13-15-34(28(36)30-22-10-6-9-21(29)18-22)16-14-25(35)31-27-33-32-26(39-27)20-7-4-3-5-8-20/h3-12,17-18H,13-16H2,1-2H3,(H,30,36)(H,31,33,35). The maximum absolute atomic E-state index is 13.6. The predicted molar refractivity (Wildman–Crippen MR) is 149 cm³/mol. The fourth-order valence-corrected chi connectivity index (χ4v) is 4.54. The van der Waals surface area contributed by atoms with Crippen LogP contribution in [0.4, 0.5) is 20.0 Å². The average Bonchev–Trinajstić information content (AvgIpc) is 3.41. The molecule has 0 fully saturated rings. The minimum atomic E-state index is -0.462. The first-order valence-electron chi connectivity index (χ1n) is 12.2. The molecule has 3 aromatic carbocycles. The third-order valence-electron chi connectivity index (χ3n) is 5.78. The van der Waals surface area contributed by atoms with Gasteiger partial charge in [-0.25, -0.2) is 9.18 Å². The monoisotopic (exact) mass is 549 g/mol. The first-order chi connectivity index (χ1) is 18.9. The van der Waals surface area contributed by atoms with E-state index in [4.69, 9.17) is 9.47 Å². The van der Waals surface area contributed by atoms with Crippen molar-refractivity contribution in [1.29, 1.82) is 0 Å². The summed E-state index contributed by atoms with van der Waals surface area (Å²) in [5.74, 6) is 0.416. The summed E-state index contributed by atoms with van der Waals surface area (Å²) in [6, 6.07) is 20.3. The van der Waals surface area contributed by atoms with E-state index in [-0.39, 0.29) is 18.9 Å². The van der Waals surface area contributed by atoms with Crippen LogP contribution in [-0.2, 0) is 11.2 Å². The Labute approximate surface area is 229 Å². The number of nitrogens with one attached hydrogen (secondary N) is 2. The molecule has 1 heterocycles. The van der Waals surface area contributed by atoms with Gasteiger partial charge >= 0.3 is 6.03 Å². The van der Waals surface area contributed by atoms with Gasteiger partial charge in [0.05, 0.1) is 14.2 Å². The predicted octanol–water partition coefficient (Wildman–Crippen LogP) is 5.47. The zero-order valence-corrected chi connectivity index (χ0v) is 22.3. The number of hydrogen-bond acceptors (Lipinski definition) is 7. The maximum Gasteiger partial charge on any atom is 0.321 e. The molecule has 4 aromatic rings. The van der Waals surface area contributed by atoms with Crippen LogP contribution in [0.15, 0.2) is 72.8 Å². The largest absolute Gasteiger partial charge is 0.493 e. The molecule has 3 amide bonds. The van der Waals surface area contributed by atoms with Gasteiger partial charge in [-0.15, -0.1) is 10.2 Å². The van der Waals surface area contributed by atoms with Crippen LogP contribution in [0, 0.1) is 5.82 Å². The number of ether oxygens (including phenoxy) is 2. The van der Waals surface area contributed by atoms with E-state index >= 15 is 0 Å². The van der Waals surface area contributed by atoms with Crippen molar-refractivity contribution in [1.82, 2.24) is 15.1 Å². The number of nitrogens with zero attached hydrogens (tertiary/aromatic N) is 3. The summed E-state index contributed by atoms with van der Waals surface area (Å²) in [7, 11) is 3.12. The molecule has 0 saturated carbocycles. The number of urea groups is 1. The highest BCUT2D eigenvalue weighted by atomic mass is 32.1. The minimum Gasteiger partial charge on any atom is -0.493 e. The van der Waals surface area contributed by atoms with Gasteiger partial charge in [0.25, 0.3) is 0 Å². The molecular weight excluding hydrogens is 521 g/mol. The molecule has 1 aromatic heterocycles. The van der Waals surface area contributed by atoms with Crippen LogP contribution in [0.2, 0.25) is 0 Å². The third-order valence-corrected chi connectivity index (χ3v) is 6.67. The second kappa shape index (κ2) is 13.3. The molecule has 0 spiro atoms. The number of aromatic nitrogens is 2. The lowest BCUT2D eigenvalue weighted by molar-refractivity contribution is -0.116. The number of amides is 3. The van der Waals surface area contributed by atoms with E-state index in [0.717, 1.165) is 11.1 Å². The van der Waals surface area contributed by atoms with Crippen molar-refractivity contribution in [3.63, 3.8) is 0 Å². The number of halogens is 1. The zero-order valence-electron chi connectivity index (χ0n) is 21.5. The Kier molecular flexibility index (Phi) is 9.41. The van der Waals surface area contributed by atoms with Gasteiger partial charge in [0.2, 0.25) is 11.0 Å². The van der Waals surface area contributed by atoms with E-state index in [1.54, 1.807) is 26.4 Å². The van der Waals surface area contributed by atoms with Crippen molar-refractivity contribution in [2.75, 3.05) is 37.9 Å². The van der Waals surface area contributed by atoms with Crippen LogP contribution in [0.3, 0.4) is 0 Å². The second-order valence-corrected chi connectivity index (χ2v) is 9.42. The normalized spacial score (nSPS) is 10.5. The lowest BCUT2D eigenvalue weighted by Gasteiger charge is -2.23. The number of methoxy groups -OCH3 is 2. The highest BCUT2D eigenvalue weighted by Crippen LogP contribution is 2.28. The second-order valence-electron chi connectivity index (χ2n) is 8.44. The van der Waals surface area contributed by atoms with Crippen LogP contribution < -0.4 is 20.1 Å². The van der Waals surface area contributed by atoms with Crippen LogP contribution in [0.5, 0.6) is 11.5 Å². The van der Waals surface area contributed by atoms with Crippen molar-refractivity contribution in [3.8, 4) is 22.1 Å². The molecule has 0 aliphatic rings. The van der Waals surface area contributed by atoms with E-state index in [1.807, 2.05) is 42.5 Å². The Bertz CT molecular complexity index is 1420. The molecule has 2 N–H and O–H groups in total. The smallest absolute Gasteiger partial charge is 0.321 e. The van der Waals surface area contributed by atoms with Crippen LogP contribution in [-0.4, -0.2) is 54.3 Å². The molecule has 0 bridgehead atoms. The number of rotatable bonds is 11. The van der Waals surface area contributed by atoms with Gasteiger partial charge in [-0.3, -0.25) is 4.79 Å². The summed E-state index contributed by atoms with van der Waals surface area (Å²) in [6.45, 7) is 0.436.